The first kappa shape index (κ1) is 10.5. The maximum Gasteiger partial charge on any atom is 0.318 e. The Kier molecular flexibility index (Phi) is 1.97. The molecule has 3 rings (SSSR count). The molecule has 0 spiro atoms. The van der Waals surface area contributed by atoms with Crippen LogP contribution in [0.2, 0.25) is 0 Å². The molecule has 88 valence electrons. The largest absolute Gasteiger partial charge is 0.426 e. The monoisotopic (exact) mass is 230 g/mol. The molecule has 1 fully saturated rings. The molecule has 17 heavy (non-hydrogen) atoms. The third-order valence-corrected chi connectivity index (χ3v) is 4.00. The Balaban J connectivity index is 2.23. The summed E-state index contributed by atoms with van der Waals surface area (Å²) in [6, 6.07) is 5.65. The van der Waals surface area contributed by atoms with E-state index in [-0.39, 0.29) is 17.7 Å². The lowest BCUT2D eigenvalue weighted by Crippen LogP contribution is -2.39. The Morgan fingerprint density at radius 2 is 2.12 bits per heavy atom. The topological polar surface area (TPSA) is 43.4 Å². The van der Waals surface area contributed by atoms with Crippen LogP contribution in [-0.4, -0.2) is 11.8 Å². The van der Waals surface area contributed by atoms with Crippen molar-refractivity contribution >= 4 is 11.8 Å². The molecule has 1 aromatic carbocycles. The molecule has 1 aromatic rings. The summed E-state index contributed by atoms with van der Waals surface area (Å²) in [7, 11) is 0. The van der Waals surface area contributed by atoms with Gasteiger partial charge in [-0.1, -0.05) is 17.7 Å². The number of hydrogen-bond acceptors (Lipinski definition) is 3. The number of carbonyl (C=O) groups excluding carboxylic acids is 2. The van der Waals surface area contributed by atoms with Gasteiger partial charge in [-0.15, -0.1) is 0 Å². The van der Waals surface area contributed by atoms with Crippen LogP contribution in [0.25, 0.3) is 0 Å². The van der Waals surface area contributed by atoms with Gasteiger partial charge in [-0.25, -0.2) is 0 Å². The lowest BCUT2D eigenvalue weighted by atomic mass is 9.73. The molecule has 2 atom stereocenters. The van der Waals surface area contributed by atoms with Crippen molar-refractivity contribution in [1.29, 1.82) is 0 Å². The van der Waals surface area contributed by atoms with Crippen LogP contribution in [0, 0.1) is 12.3 Å². The first-order chi connectivity index (χ1) is 8.02. The van der Waals surface area contributed by atoms with Gasteiger partial charge in [0.2, 0.25) is 0 Å². The minimum absolute atomic E-state index is 0.163. The van der Waals surface area contributed by atoms with Gasteiger partial charge in [0.1, 0.15) is 11.5 Å². The summed E-state index contributed by atoms with van der Waals surface area (Å²) >= 11 is 0. The van der Waals surface area contributed by atoms with E-state index in [2.05, 4.69) is 0 Å². The van der Waals surface area contributed by atoms with Crippen LogP contribution in [-0.2, 0) is 9.59 Å². The van der Waals surface area contributed by atoms with Crippen molar-refractivity contribution in [3.8, 4) is 5.75 Å². The Morgan fingerprint density at radius 1 is 1.35 bits per heavy atom. The van der Waals surface area contributed by atoms with Crippen molar-refractivity contribution < 1.29 is 14.3 Å². The summed E-state index contributed by atoms with van der Waals surface area (Å²) in [5.41, 5.74) is 1.32. The predicted molar refractivity (Wildman–Crippen MR) is 61.9 cm³/mol. The molecule has 3 nitrogen and oxygen atoms in total. The number of rotatable bonds is 0. The van der Waals surface area contributed by atoms with Gasteiger partial charge < -0.3 is 4.74 Å². The number of carbonyl (C=O) groups is 2. The average Bonchev–Trinajstić information content (AvgIpc) is 2.59. The first-order valence-electron chi connectivity index (χ1n) is 5.88. The van der Waals surface area contributed by atoms with E-state index in [1.807, 2.05) is 26.0 Å². The van der Waals surface area contributed by atoms with E-state index in [1.54, 1.807) is 6.07 Å². The zero-order valence-electron chi connectivity index (χ0n) is 9.95. The zero-order chi connectivity index (χ0) is 12.2. The Labute approximate surface area is 99.8 Å². The fraction of sp³-hybridized carbons (Fsp3) is 0.429. The van der Waals surface area contributed by atoms with Gasteiger partial charge >= 0.3 is 5.97 Å². The SMILES string of the molecule is Cc1ccc2c(c1)[C@H]1C(=O)CC[C@@]1(C)C(=O)O2. The number of aryl methyl sites for hydroxylation is 1. The molecule has 0 bridgehead atoms. The normalized spacial score (nSPS) is 30.8. The maximum atomic E-state index is 12.0. The smallest absolute Gasteiger partial charge is 0.318 e. The quantitative estimate of drug-likeness (QED) is 0.507. The summed E-state index contributed by atoms with van der Waals surface area (Å²) in [4.78, 5) is 24.0. The van der Waals surface area contributed by atoms with Crippen molar-refractivity contribution in [3.05, 3.63) is 29.3 Å². The predicted octanol–water partition coefficient (Wildman–Crippen LogP) is 2.37. The van der Waals surface area contributed by atoms with Gasteiger partial charge in [0.15, 0.2) is 0 Å². The standard InChI is InChI=1S/C14H14O3/c1-8-3-4-11-9(7-8)12-10(15)5-6-14(12,2)13(16)17-11/h3-4,7,12H,5-6H2,1-2H3/t12-,14+/m0/s1. The maximum absolute atomic E-state index is 12.0. The second-order valence-corrected chi connectivity index (χ2v) is 5.25. The number of hydrogen-bond donors (Lipinski definition) is 0. The summed E-state index contributed by atoms with van der Waals surface area (Å²) in [6.45, 7) is 3.82. The Hall–Kier alpha value is -1.64. The highest BCUT2D eigenvalue weighted by molar-refractivity contribution is 5.99. The van der Waals surface area contributed by atoms with Gasteiger partial charge in [0, 0.05) is 12.0 Å². The molecule has 0 unspecified atom stereocenters. The lowest BCUT2D eigenvalue weighted by Gasteiger charge is -2.34. The van der Waals surface area contributed by atoms with E-state index in [9.17, 15) is 9.59 Å². The van der Waals surface area contributed by atoms with Crippen molar-refractivity contribution in [2.24, 2.45) is 5.41 Å². The molecule has 1 heterocycles. The van der Waals surface area contributed by atoms with Crippen LogP contribution in [0.15, 0.2) is 18.2 Å². The van der Waals surface area contributed by atoms with Crippen molar-refractivity contribution in [2.75, 3.05) is 0 Å². The van der Waals surface area contributed by atoms with E-state index in [0.29, 0.717) is 18.6 Å². The summed E-state index contributed by atoms with van der Waals surface area (Å²) in [5.74, 6) is 0.151. The second-order valence-electron chi connectivity index (χ2n) is 5.25. The molecule has 0 radical (unpaired) electrons. The molecule has 0 aromatic heterocycles. The van der Waals surface area contributed by atoms with E-state index in [4.69, 9.17) is 4.74 Å². The number of ketones is 1. The molecule has 0 amide bonds. The number of esters is 1. The first-order valence-corrected chi connectivity index (χ1v) is 5.88. The van der Waals surface area contributed by atoms with Gasteiger partial charge in [-0.3, -0.25) is 9.59 Å². The van der Waals surface area contributed by atoms with Crippen molar-refractivity contribution in [2.45, 2.75) is 32.6 Å². The van der Waals surface area contributed by atoms with Gasteiger partial charge in [0.25, 0.3) is 0 Å². The van der Waals surface area contributed by atoms with E-state index < -0.39 is 5.41 Å². The van der Waals surface area contributed by atoms with Crippen LogP contribution < -0.4 is 4.74 Å². The molecular formula is C14H14O3. The van der Waals surface area contributed by atoms with Crippen LogP contribution in [0.3, 0.4) is 0 Å². The van der Waals surface area contributed by atoms with Crippen LogP contribution in [0.4, 0.5) is 0 Å². The van der Waals surface area contributed by atoms with Gasteiger partial charge in [0.05, 0.1) is 11.3 Å². The second kappa shape index (κ2) is 3.19. The molecule has 0 N–H and O–H groups in total. The number of fused-ring (bicyclic) bond motifs is 3. The highest BCUT2D eigenvalue weighted by Gasteiger charge is 2.55. The summed E-state index contributed by atoms with van der Waals surface area (Å²) in [5, 5.41) is 0. The van der Waals surface area contributed by atoms with E-state index >= 15 is 0 Å². The van der Waals surface area contributed by atoms with Crippen LogP contribution >= 0.6 is 0 Å². The fourth-order valence-electron chi connectivity index (χ4n) is 2.97. The highest BCUT2D eigenvalue weighted by Crippen LogP contribution is 2.53. The van der Waals surface area contributed by atoms with Crippen molar-refractivity contribution in [3.63, 3.8) is 0 Å². The van der Waals surface area contributed by atoms with E-state index in [0.717, 1.165) is 11.1 Å². The number of Topliss-reactive ketones (excluding diaryl/α,β-unsaturated/α-hetero) is 1. The lowest BCUT2D eigenvalue weighted by molar-refractivity contribution is -0.148. The molecule has 1 saturated carbocycles. The number of ether oxygens (including phenoxy) is 1. The van der Waals surface area contributed by atoms with Crippen molar-refractivity contribution in [1.82, 2.24) is 0 Å². The van der Waals surface area contributed by atoms with Crippen LogP contribution in [0.1, 0.15) is 36.8 Å². The fourth-order valence-corrected chi connectivity index (χ4v) is 2.97. The number of benzene rings is 1. The molecule has 1 aliphatic heterocycles. The summed E-state index contributed by atoms with van der Waals surface area (Å²) in [6.07, 6.45) is 1.08. The summed E-state index contributed by atoms with van der Waals surface area (Å²) < 4.78 is 5.36. The molecular weight excluding hydrogens is 216 g/mol. The minimum atomic E-state index is -0.655. The molecule has 3 heteroatoms. The van der Waals surface area contributed by atoms with Gasteiger partial charge in [-0.05, 0) is 26.3 Å². The van der Waals surface area contributed by atoms with E-state index in [1.165, 1.54) is 0 Å². The van der Waals surface area contributed by atoms with Gasteiger partial charge in [-0.2, -0.15) is 0 Å². The Morgan fingerprint density at radius 3 is 2.88 bits per heavy atom. The van der Waals surface area contributed by atoms with Crippen LogP contribution in [0.5, 0.6) is 5.75 Å². The molecule has 2 aliphatic rings. The molecule has 1 aliphatic carbocycles. The third kappa shape index (κ3) is 1.28. The highest BCUT2D eigenvalue weighted by atomic mass is 16.5. The zero-order valence-corrected chi connectivity index (χ0v) is 9.95. The minimum Gasteiger partial charge on any atom is -0.426 e. The molecule has 0 saturated heterocycles. The third-order valence-electron chi connectivity index (χ3n) is 4.00. The average molecular weight is 230 g/mol. The Bertz CT molecular complexity index is 532.